The maximum atomic E-state index is 13.5. The summed E-state index contributed by atoms with van der Waals surface area (Å²) in [7, 11) is 0. The first-order chi connectivity index (χ1) is 14.6. The van der Waals surface area contributed by atoms with Crippen LogP contribution in [0.15, 0.2) is 72.9 Å². The zero-order valence-electron chi connectivity index (χ0n) is 15.7. The molecule has 7 nitrogen and oxygen atoms in total. The second-order valence-electron chi connectivity index (χ2n) is 7.92. The number of hydrogen-bond acceptors (Lipinski definition) is 4. The van der Waals surface area contributed by atoms with Crippen molar-refractivity contribution < 1.29 is 19.1 Å². The Bertz CT molecular complexity index is 1140. The molecule has 3 aliphatic heterocycles. The van der Waals surface area contributed by atoms with Crippen LogP contribution in [-0.4, -0.2) is 16.7 Å². The fourth-order valence-corrected chi connectivity index (χ4v) is 5.48. The second-order valence-corrected chi connectivity index (χ2v) is 7.92. The van der Waals surface area contributed by atoms with E-state index in [1.54, 1.807) is 0 Å². The molecule has 4 atom stereocenters. The summed E-state index contributed by atoms with van der Waals surface area (Å²) >= 11 is 0. The first-order valence-corrected chi connectivity index (χ1v) is 9.79. The van der Waals surface area contributed by atoms with Crippen LogP contribution in [0, 0.1) is 22.0 Å². The van der Waals surface area contributed by atoms with E-state index < -0.39 is 16.8 Å². The topological polar surface area (TPSA) is 84.4 Å². The van der Waals surface area contributed by atoms with E-state index in [9.17, 15) is 19.7 Å². The predicted molar refractivity (Wildman–Crippen MR) is 106 cm³/mol. The van der Waals surface area contributed by atoms with Crippen molar-refractivity contribution in [3.8, 4) is 0 Å². The lowest BCUT2D eigenvalue weighted by Crippen LogP contribution is -2.59. The molecule has 4 heterocycles. The molecule has 30 heavy (non-hydrogen) atoms. The van der Waals surface area contributed by atoms with Gasteiger partial charge in [0.05, 0.1) is 22.4 Å². The van der Waals surface area contributed by atoms with Gasteiger partial charge in [-0.3, -0.25) is 19.7 Å². The van der Waals surface area contributed by atoms with Gasteiger partial charge in [-0.2, -0.15) is 4.57 Å². The molecule has 7 heteroatoms. The van der Waals surface area contributed by atoms with Gasteiger partial charge in [-0.05, 0) is 17.7 Å². The van der Waals surface area contributed by atoms with E-state index in [0.29, 0.717) is 5.69 Å². The Morgan fingerprint density at radius 1 is 0.833 bits per heavy atom. The van der Waals surface area contributed by atoms with Crippen LogP contribution < -0.4 is 9.47 Å². The fourth-order valence-electron chi connectivity index (χ4n) is 5.48. The number of aromatic nitrogens is 1. The summed E-state index contributed by atoms with van der Waals surface area (Å²) in [6, 6.07) is 19.3. The molecular formula is C23H16N3O4+. The maximum absolute atomic E-state index is 13.5. The van der Waals surface area contributed by atoms with Crippen LogP contribution in [0.4, 0.5) is 11.4 Å². The average Bonchev–Trinajstić information content (AvgIpc) is 3.04. The van der Waals surface area contributed by atoms with E-state index in [4.69, 9.17) is 0 Å². The van der Waals surface area contributed by atoms with E-state index in [1.165, 1.54) is 29.2 Å². The Morgan fingerprint density at radius 3 is 2.23 bits per heavy atom. The predicted octanol–water partition coefficient (Wildman–Crippen LogP) is 2.74. The second kappa shape index (κ2) is 5.82. The molecule has 1 fully saturated rings. The molecule has 0 saturated carbocycles. The molecule has 1 aromatic heterocycles. The van der Waals surface area contributed by atoms with Gasteiger partial charge in [0.25, 0.3) is 5.69 Å². The molecule has 0 unspecified atom stereocenters. The van der Waals surface area contributed by atoms with Crippen LogP contribution in [0.3, 0.4) is 0 Å². The van der Waals surface area contributed by atoms with E-state index in [1.807, 2.05) is 48.7 Å². The number of hydrogen-bond donors (Lipinski definition) is 0. The Kier molecular flexibility index (Phi) is 3.30. The zero-order chi connectivity index (χ0) is 20.6. The molecular weight excluding hydrogens is 382 g/mol. The van der Waals surface area contributed by atoms with Crippen molar-refractivity contribution in [1.29, 1.82) is 0 Å². The number of imide groups is 1. The summed E-state index contributed by atoms with van der Waals surface area (Å²) in [5.74, 6) is -1.65. The van der Waals surface area contributed by atoms with Gasteiger partial charge in [0, 0.05) is 29.8 Å². The summed E-state index contributed by atoms with van der Waals surface area (Å²) in [5, 5.41) is 11.0. The summed E-state index contributed by atoms with van der Waals surface area (Å²) in [4.78, 5) is 38.8. The molecule has 0 spiro atoms. The largest absolute Gasteiger partial charge is 0.274 e. The zero-order valence-corrected chi connectivity index (χ0v) is 15.7. The summed E-state index contributed by atoms with van der Waals surface area (Å²) < 4.78 is 2.12. The minimum Gasteiger partial charge on any atom is -0.274 e. The van der Waals surface area contributed by atoms with Crippen molar-refractivity contribution in [2.45, 2.75) is 12.0 Å². The van der Waals surface area contributed by atoms with Crippen molar-refractivity contribution >= 4 is 23.2 Å². The van der Waals surface area contributed by atoms with Crippen molar-refractivity contribution in [3.05, 3.63) is 99.9 Å². The number of nitrogens with zero attached hydrogens (tertiary/aromatic N) is 3. The third-order valence-electron chi connectivity index (χ3n) is 6.61. The summed E-state index contributed by atoms with van der Waals surface area (Å²) in [6.45, 7) is 0. The smallest absolute Gasteiger partial charge is 0.269 e. The molecule has 4 aliphatic rings. The molecule has 146 valence electrons. The van der Waals surface area contributed by atoms with Crippen molar-refractivity contribution in [3.63, 3.8) is 0 Å². The van der Waals surface area contributed by atoms with Crippen molar-refractivity contribution in [1.82, 2.24) is 0 Å². The number of non-ortho nitro benzene ring substituents is 1. The van der Waals surface area contributed by atoms with Gasteiger partial charge in [-0.25, -0.2) is 4.90 Å². The van der Waals surface area contributed by atoms with Gasteiger partial charge in [0.1, 0.15) is 5.92 Å². The summed E-state index contributed by atoms with van der Waals surface area (Å²) in [5.41, 5.74) is 3.52. The van der Waals surface area contributed by atoms with E-state index in [0.717, 1.165) is 16.8 Å². The highest BCUT2D eigenvalue weighted by Crippen LogP contribution is 2.55. The van der Waals surface area contributed by atoms with Crippen LogP contribution in [0.1, 0.15) is 28.8 Å². The van der Waals surface area contributed by atoms with Crippen LogP contribution >= 0.6 is 0 Å². The van der Waals surface area contributed by atoms with Crippen LogP contribution in [0.25, 0.3) is 0 Å². The van der Waals surface area contributed by atoms with Gasteiger partial charge in [0.15, 0.2) is 17.9 Å². The number of amides is 2. The lowest BCUT2D eigenvalue weighted by molar-refractivity contribution is -0.736. The number of nitro groups is 1. The number of anilines is 1. The standard InChI is InChI=1S/C23H16N3O4/c27-22-19-18-15-5-1-2-6-16(15)21(24-12-4-3-7-17(18)24)20(19)23(28)25(22)13-8-10-14(11-9-13)26(29)30/h1-12,18-21H/q+1/t18-,19+,20-,21-/m0/s1. The molecule has 3 aromatic rings. The number of carbonyl (C=O) groups is 2. The normalized spacial score (nSPS) is 25.7. The highest BCUT2D eigenvalue weighted by molar-refractivity contribution is 6.23. The molecule has 0 N–H and O–H groups in total. The monoisotopic (exact) mass is 398 g/mol. The summed E-state index contributed by atoms with van der Waals surface area (Å²) in [6.07, 6.45) is 1.98. The highest BCUT2D eigenvalue weighted by Gasteiger charge is 2.66. The first-order valence-electron chi connectivity index (χ1n) is 9.79. The number of carbonyl (C=O) groups excluding carboxylic acids is 2. The minimum absolute atomic E-state index is 0.0781. The molecule has 0 radical (unpaired) electrons. The minimum atomic E-state index is -0.499. The molecule has 2 aromatic carbocycles. The molecule has 2 bridgehead atoms. The SMILES string of the molecule is O=C1[C@@H]2[C@H]3c4ccccc4[C@@H]([C@H]2C(=O)N1c1ccc([N+](=O)[O-])cc1)[n+]1ccccc13. The average molecular weight is 398 g/mol. The van der Waals surface area contributed by atoms with Crippen LogP contribution in [0.2, 0.25) is 0 Å². The lowest BCUT2D eigenvalue weighted by atomic mass is 9.63. The van der Waals surface area contributed by atoms with Crippen molar-refractivity contribution in [2.75, 3.05) is 4.90 Å². The van der Waals surface area contributed by atoms with Gasteiger partial charge in [-0.15, -0.1) is 0 Å². The van der Waals surface area contributed by atoms with E-state index in [2.05, 4.69) is 4.57 Å². The number of rotatable bonds is 2. The Balaban J connectivity index is 1.51. The van der Waals surface area contributed by atoms with Gasteiger partial charge < -0.3 is 0 Å². The molecule has 1 saturated heterocycles. The maximum Gasteiger partial charge on any atom is 0.269 e. The molecule has 7 rings (SSSR count). The van der Waals surface area contributed by atoms with Crippen LogP contribution in [-0.2, 0) is 9.59 Å². The number of nitro benzene ring substituents is 1. The van der Waals surface area contributed by atoms with Gasteiger partial charge in [0.2, 0.25) is 11.8 Å². The third-order valence-corrected chi connectivity index (χ3v) is 6.61. The van der Waals surface area contributed by atoms with Crippen molar-refractivity contribution in [2.24, 2.45) is 11.8 Å². The number of benzene rings is 2. The van der Waals surface area contributed by atoms with E-state index in [-0.39, 0.29) is 29.5 Å². The van der Waals surface area contributed by atoms with Crippen LogP contribution in [0.5, 0.6) is 0 Å². The van der Waals surface area contributed by atoms with Gasteiger partial charge in [-0.1, -0.05) is 30.3 Å². The lowest BCUT2D eigenvalue weighted by Gasteiger charge is -2.40. The molecule has 1 aliphatic carbocycles. The Morgan fingerprint density at radius 2 is 1.50 bits per heavy atom. The third kappa shape index (κ3) is 2.01. The first kappa shape index (κ1) is 17.0. The van der Waals surface area contributed by atoms with E-state index >= 15 is 0 Å². The molecule has 2 amide bonds. The highest BCUT2D eigenvalue weighted by atomic mass is 16.6. The quantitative estimate of drug-likeness (QED) is 0.288. The fraction of sp³-hybridized carbons (Fsp3) is 0.174. The Labute approximate surface area is 171 Å². The van der Waals surface area contributed by atoms with Gasteiger partial charge >= 0.3 is 0 Å². The number of pyridine rings is 1. The Hall–Kier alpha value is -3.87.